The van der Waals surface area contributed by atoms with Crippen molar-refractivity contribution in [3.05, 3.63) is 173 Å². The molecule has 3 N–H and O–H groups in total. The second kappa shape index (κ2) is 18.0. The average Bonchev–Trinajstić information content (AvgIpc) is 3.18. The Kier molecular flexibility index (Phi) is 13.3. The predicted molar refractivity (Wildman–Crippen MR) is 199 cm³/mol. The van der Waals surface area contributed by atoms with E-state index in [0.29, 0.717) is 33.8 Å². The molecular formula is C43H40O9. The molecule has 1 aliphatic carbocycles. The van der Waals surface area contributed by atoms with Gasteiger partial charge in [-0.05, 0) is 37.3 Å². The smallest absolute Gasteiger partial charge is 0.196 e. The summed E-state index contributed by atoms with van der Waals surface area (Å²) >= 11 is 0. The van der Waals surface area contributed by atoms with Crippen LogP contribution in [-0.2, 0) is 9.53 Å². The lowest BCUT2D eigenvalue weighted by Gasteiger charge is -2.27. The zero-order valence-corrected chi connectivity index (χ0v) is 29.3. The molecule has 0 saturated carbocycles. The van der Waals surface area contributed by atoms with Crippen LogP contribution in [0.25, 0.3) is 5.76 Å². The minimum Gasteiger partial charge on any atom is -0.507 e. The Morgan fingerprint density at radius 2 is 1.02 bits per heavy atom. The summed E-state index contributed by atoms with van der Waals surface area (Å²) in [6.07, 6.45) is 3.69. The van der Waals surface area contributed by atoms with Crippen LogP contribution in [0.15, 0.2) is 145 Å². The third-order valence-corrected chi connectivity index (χ3v) is 8.15. The van der Waals surface area contributed by atoms with Gasteiger partial charge in [-0.2, -0.15) is 0 Å². The minimum atomic E-state index is -0.572. The highest BCUT2D eigenvalue weighted by molar-refractivity contribution is 6.11. The monoisotopic (exact) mass is 700 g/mol. The molecule has 9 heteroatoms. The lowest BCUT2D eigenvalue weighted by molar-refractivity contribution is -0.119. The van der Waals surface area contributed by atoms with Crippen molar-refractivity contribution in [3.8, 4) is 23.0 Å². The van der Waals surface area contributed by atoms with Gasteiger partial charge >= 0.3 is 0 Å². The summed E-state index contributed by atoms with van der Waals surface area (Å²) < 4.78 is 15.2. The lowest BCUT2D eigenvalue weighted by atomic mass is 9.87. The Bertz CT molecular complexity index is 1950. The van der Waals surface area contributed by atoms with E-state index in [2.05, 4.69) is 0 Å². The maximum atomic E-state index is 12.1. The van der Waals surface area contributed by atoms with Gasteiger partial charge < -0.3 is 29.5 Å². The summed E-state index contributed by atoms with van der Waals surface area (Å²) in [5.74, 6) is 0.408. The SMILES string of the molecule is COC1(C)C=CC(=C(O)c2ccccc2)C(=O)C1.COc1ccc(C(=O)c2ccccc2)c(O)c1.COc1ccc(C(=O)c2ccccc2)c(O)c1. The second-order valence-electron chi connectivity index (χ2n) is 11.7. The van der Waals surface area contributed by atoms with E-state index in [0.717, 1.165) is 0 Å². The number of methoxy groups -OCH3 is 3. The van der Waals surface area contributed by atoms with Crippen LogP contribution in [0.5, 0.6) is 23.0 Å². The fourth-order valence-corrected chi connectivity index (χ4v) is 5.08. The number of carbonyl (C=O) groups excluding carboxylic acids is 3. The van der Waals surface area contributed by atoms with Crippen molar-refractivity contribution in [2.75, 3.05) is 21.3 Å². The Morgan fingerprint density at radius 3 is 1.37 bits per heavy atom. The molecule has 0 fully saturated rings. The van der Waals surface area contributed by atoms with Crippen LogP contribution in [0, 0.1) is 0 Å². The van der Waals surface area contributed by atoms with Crippen LogP contribution in [-0.4, -0.2) is 59.6 Å². The third-order valence-electron chi connectivity index (χ3n) is 8.15. The van der Waals surface area contributed by atoms with E-state index in [9.17, 15) is 29.7 Å². The Morgan fingerprint density at radius 1 is 0.615 bits per heavy atom. The second-order valence-corrected chi connectivity index (χ2v) is 11.7. The van der Waals surface area contributed by atoms with Gasteiger partial charge in [-0.25, -0.2) is 0 Å². The van der Waals surface area contributed by atoms with Gasteiger partial charge in [0.25, 0.3) is 0 Å². The number of aliphatic hydroxyl groups is 1. The number of Topliss-reactive ketones (excluding diaryl/α,β-unsaturated/α-hetero) is 1. The largest absolute Gasteiger partial charge is 0.507 e. The molecule has 9 nitrogen and oxygen atoms in total. The third kappa shape index (κ3) is 9.83. The maximum absolute atomic E-state index is 12.1. The summed E-state index contributed by atoms with van der Waals surface area (Å²) in [6.45, 7) is 1.84. The zero-order valence-electron chi connectivity index (χ0n) is 29.3. The summed E-state index contributed by atoms with van der Waals surface area (Å²) in [5.41, 5.74) is 2.06. The molecule has 0 spiro atoms. The van der Waals surface area contributed by atoms with Crippen molar-refractivity contribution in [2.45, 2.75) is 18.9 Å². The predicted octanol–water partition coefficient (Wildman–Crippen LogP) is 8.15. The van der Waals surface area contributed by atoms with Gasteiger partial charge in [-0.15, -0.1) is 0 Å². The van der Waals surface area contributed by atoms with E-state index >= 15 is 0 Å². The molecule has 266 valence electrons. The van der Waals surface area contributed by atoms with E-state index in [1.165, 1.54) is 26.4 Å². The van der Waals surface area contributed by atoms with Crippen molar-refractivity contribution in [1.29, 1.82) is 0 Å². The zero-order chi connectivity index (χ0) is 37.7. The normalized spacial score (nSPS) is 15.6. The summed E-state index contributed by atoms with van der Waals surface area (Å²) in [6, 6.07) is 36.0. The van der Waals surface area contributed by atoms with Crippen LogP contribution in [0.2, 0.25) is 0 Å². The van der Waals surface area contributed by atoms with E-state index in [4.69, 9.17) is 14.2 Å². The molecule has 1 unspecified atom stereocenters. The number of hydrogen-bond donors (Lipinski definition) is 3. The molecule has 0 heterocycles. The first kappa shape index (κ1) is 38.4. The molecule has 1 atom stereocenters. The lowest BCUT2D eigenvalue weighted by Crippen LogP contribution is -2.31. The van der Waals surface area contributed by atoms with Crippen molar-refractivity contribution in [1.82, 2.24) is 0 Å². The van der Waals surface area contributed by atoms with Crippen molar-refractivity contribution in [3.63, 3.8) is 0 Å². The first-order valence-corrected chi connectivity index (χ1v) is 16.2. The first-order valence-electron chi connectivity index (χ1n) is 16.2. The number of rotatable bonds is 8. The molecule has 0 aliphatic heterocycles. The molecule has 0 radical (unpaired) electrons. The number of allylic oxidation sites excluding steroid dienone is 2. The molecular weight excluding hydrogens is 660 g/mol. The van der Waals surface area contributed by atoms with Gasteiger partial charge in [-0.3, -0.25) is 14.4 Å². The van der Waals surface area contributed by atoms with E-state index in [1.54, 1.807) is 98.1 Å². The number of benzene rings is 5. The Balaban J connectivity index is 0.000000175. The highest BCUT2D eigenvalue weighted by Gasteiger charge is 2.31. The molecule has 0 amide bonds. The van der Waals surface area contributed by atoms with E-state index in [1.807, 2.05) is 43.3 Å². The molecule has 5 aromatic rings. The standard InChI is InChI=1S/C15H16O3.2C14H12O3/c1-15(18-2)9-8-12(13(16)10-15)14(17)11-6-4-3-5-7-11;2*1-17-11-7-8-12(13(15)9-11)14(16)10-5-3-2-4-6-10/h3-9,17H,10H2,1-2H3;2*2-9,15H,1H3. The first-order chi connectivity index (χ1) is 25.0. The number of ketones is 3. The number of aromatic hydroxyl groups is 2. The summed E-state index contributed by atoms with van der Waals surface area (Å²) in [4.78, 5) is 36.2. The van der Waals surface area contributed by atoms with Crippen molar-refractivity contribution in [2.24, 2.45) is 0 Å². The average molecular weight is 701 g/mol. The Hall–Kier alpha value is -6.45. The molecule has 0 aromatic heterocycles. The van der Waals surface area contributed by atoms with Crippen LogP contribution in [0.3, 0.4) is 0 Å². The van der Waals surface area contributed by atoms with Crippen molar-refractivity contribution >= 4 is 23.1 Å². The number of phenolic OH excluding ortho intramolecular Hbond substituents is 2. The molecule has 6 rings (SSSR count). The quantitative estimate of drug-likeness (QED) is 0.0831. The molecule has 5 aromatic carbocycles. The number of aliphatic hydroxyl groups excluding tert-OH is 1. The van der Waals surface area contributed by atoms with Gasteiger partial charge in [0, 0.05) is 42.4 Å². The van der Waals surface area contributed by atoms with Gasteiger partial charge in [0.05, 0.1) is 36.5 Å². The van der Waals surface area contributed by atoms with Crippen LogP contribution in [0.1, 0.15) is 50.8 Å². The van der Waals surface area contributed by atoms with Crippen LogP contribution >= 0.6 is 0 Å². The number of phenols is 2. The van der Waals surface area contributed by atoms with Crippen molar-refractivity contribution < 1.29 is 43.9 Å². The van der Waals surface area contributed by atoms with Gasteiger partial charge in [0.15, 0.2) is 17.3 Å². The fraction of sp³-hybridized carbons (Fsp3) is 0.140. The molecule has 0 bridgehead atoms. The minimum absolute atomic E-state index is 0.0232. The number of hydrogen-bond acceptors (Lipinski definition) is 9. The van der Waals surface area contributed by atoms with E-state index in [-0.39, 0.29) is 52.2 Å². The molecule has 1 aliphatic rings. The van der Waals surface area contributed by atoms with Gasteiger partial charge in [0.2, 0.25) is 0 Å². The molecule has 0 saturated heterocycles. The highest BCUT2D eigenvalue weighted by atomic mass is 16.5. The number of carbonyl (C=O) groups is 3. The number of ether oxygens (including phenoxy) is 3. The summed E-state index contributed by atoms with van der Waals surface area (Å²) in [7, 11) is 4.59. The Labute approximate surface area is 302 Å². The van der Waals surface area contributed by atoms with Gasteiger partial charge in [0.1, 0.15) is 28.8 Å². The van der Waals surface area contributed by atoms with Crippen LogP contribution < -0.4 is 9.47 Å². The van der Waals surface area contributed by atoms with Gasteiger partial charge in [-0.1, -0.05) is 97.1 Å². The van der Waals surface area contributed by atoms with Crippen LogP contribution in [0.4, 0.5) is 0 Å². The maximum Gasteiger partial charge on any atom is 0.196 e. The topological polar surface area (TPSA) is 140 Å². The molecule has 52 heavy (non-hydrogen) atoms. The highest BCUT2D eigenvalue weighted by Crippen LogP contribution is 2.30. The summed E-state index contributed by atoms with van der Waals surface area (Å²) in [5, 5.41) is 29.6. The fourth-order valence-electron chi connectivity index (χ4n) is 5.08. The van der Waals surface area contributed by atoms with E-state index < -0.39 is 5.60 Å².